The van der Waals surface area contributed by atoms with E-state index in [2.05, 4.69) is 5.32 Å². The molecule has 0 unspecified atom stereocenters. The Balaban J connectivity index is 2.17. The Morgan fingerprint density at radius 3 is 2.22 bits per heavy atom. The van der Waals surface area contributed by atoms with Crippen LogP contribution in [0.15, 0.2) is 54.6 Å². The lowest BCUT2D eigenvalue weighted by Gasteiger charge is -2.31. The number of nitrogens with zero attached hydrogens (tertiary/aromatic N) is 2. The Kier molecular flexibility index (Phi) is 9.26. The van der Waals surface area contributed by atoms with E-state index in [1.54, 1.807) is 24.1 Å². The van der Waals surface area contributed by atoms with E-state index >= 15 is 0 Å². The number of amides is 2. The lowest BCUT2D eigenvalue weighted by molar-refractivity contribution is -0.141. The molecule has 32 heavy (non-hydrogen) atoms. The van der Waals surface area contributed by atoms with Crippen molar-refractivity contribution in [3.8, 4) is 0 Å². The van der Waals surface area contributed by atoms with Crippen molar-refractivity contribution in [1.82, 2.24) is 10.2 Å². The first kappa shape index (κ1) is 25.4. The predicted octanol–water partition coefficient (Wildman–Crippen LogP) is 3.09. The zero-order valence-electron chi connectivity index (χ0n) is 19.2. The molecule has 2 aromatic rings. The van der Waals surface area contributed by atoms with E-state index in [0.717, 1.165) is 11.1 Å². The third-order valence-electron chi connectivity index (χ3n) is 5.36. The van der Waals surface area contributed by atoms with Crippen molar-refractivity contribution in [1.29, 1.82) is 0 Å². The number of likely N-dealkylation sites (N-methyl/N-ethyl adjacent to an activating group) is 1. The van der Waals surface area contributed by atoms with Crippen LogP contribution in [0.25, 0.3) is 0 Å². The maximum Gasteiger partial charge on any atom is 0.242 e. The minimum absolute atomic E-state index is 0.137. The van der Waals surface area contributed by atoms with Gasteiger partial charge in [0.1, 0.15) is 6.04 Å². The summed E-state index contributed by atoms with van der Waals surface area (Å²) in [5.41, 5.74) is 2.39. The molecular weight excluding hydrogens is 426 g/mol. The standard InChI is InChI=1S/C24H33N3O4S/c1-5-21(24(29)25-3)26(18-20-13-7-6-8-14-20)23(28)16-11-17-27(32(4,30)31)22-15-10-9-12-19(22)2/h6-10,12-15,21H,5,11,16-18H2,1-4H3,(H,25,29)/t21-/m0/s1. The van der Waals surface area contributed by atoms with Gasteiger partial charge in [0.05, 0.1) is 11.9 Å². The molecule has 0 fully saturated rings. The zero-order valence-corrected chi connectivity index (χ0v) is 20.1. The Bertz CT molecular complexity index is 1010. The number of anilines is 1. The van der Waals surface area contributed by atoms with Crippen LogP contribution < -0.4 is 9.62 Å². The molecule has 0 heterocycles. The smallest absolute Gasteiger partial charge is 0.242 e. The topological polar surface area (TPSA) is 86.8 Å². The second kappa shape index (κ2) is 11.7. The van der Waals surface area contributed by atoms with E-state index in [1.165, 1.54) is 10.6 Å². The number of aryl methyl sites for hydroxylation is 1. The first-order valence-corrected chi connectivity index (χ1v) is 12.6. The van der Waals surface area contributed by atoms with Crippen LogP contribution in [0.5, 0.6) is 0 Å². The van der Waals surface area contributed by atoms with Gasteiger partial charge in [0.2, 0.25) is 21.8 Å². The fourth-order valence-corrected chi connectivity index (χ4v) is 4.71. The van der Waals surface area contributed by atoms with Crippen molar-refractivity contribution < 1.29 is 18.0 Å². The number of hydrogen-bond donors (Lipinski definition) is 1. The molecule has 0 bridgehead atoms. The third-order valence-corrected chi connectivity index (χ3v) is 6.54. The quantitative estimate of drug-likeness (QED) is 0.559. The summed E-state index contributed by atoms with van der Waals surface area (Å²) >= 11 is 0. The van der Waals surface area contributed by atoms with Crippen LogP contribution in [0.1, 0.15) is 37.3 Å². The van der Waals surface area contributed by atoms with Gasteiger partial charge in [0, 0.05) is 26.6 Å². The number of carbonyl (C=O) groups is 2. The molecule has 0 saturated heterocycles. The molecule has 0 aliphatic carbocycles. The molecular formula is C24H33N3O4S. The summed E-state index contributed by atoms with van der Waals surface area (Å²) in [6.45, 7) is 4.23. The number of carbonyl (C=O) groups excluding carboxylic acids is 2. The van der Waals surface area contributed by atoms with Gasteiger partial charge in [0.15, 0.2) is 0 Å². The number of hydrogen-bond acceptors (Lipinski definition) is 4. The van der Waals surface area contributed by atoms with Gasteiger partial charge in [0.25, 0.3) is 0 Å². The molecule has 8 heteroatoms. The molecule has 0 radical (unpaired) electrons. The summed E-state index contributed by atoms with van der Waals surface area (Å²) < 4.78 is 26.1. The summed E-state index contributed by atoms with van der Waals surface area (Å²) in [4.78, 5) is 27.2. The maximum absolute atomic E-state index is 13.2. The highest BCUT2D eigenvalue weighted by Crippen LogP contribution is 2.23. The second-order valence-electron chi connectivity index (χ2n) is 7.77. The zero-order chi connectivity index (χ0) is 23.7. The minimum Gasteiger partial charge on any atom is -0.357 e. The maximum atomic E-state index is 13.2. The molecule has 2 amide bonds. The van der Waals surface area contributed by atoms with Crippen LogP contribution in [0.4, 0.5) is 5.69 Å². The van der Waals surface area contributed by atoms with E-state index < -0.39 is 16.1 Å². The van der Waals surface area contributed by atoms with Crippen LogP contribution in [0.2, 0.25) is 0 Å². The number of rotatable bonds is 11. The molecule has 2 aromatic carbocycles. The van der Waals surface area contributed by atoms with E-state index in [4.69, 9.17) is 0 Å². The van der Waals surface area contributed by atoms with Gasteiger partial charge in [-0.05, 0) is 37.0 Å². The SMILES string of the molecule is CC[C@@H](C(=O)NC)N(Cc1ccccc1)C(=O)CCCN(c1ccccc1C)S(C)(=O)=O. The van der Waals surface area contributed by atoms with Crippen molar-refractivity contribution in [2.75, 3.05) is 24.2 Å². The van der Waals surface area contributed by atoms with E-state index in [-0.39, 0.29) is 24.8 Å². The monoisotopic (exact) mass is 459 g/mol. The highest BCUT2D eigenvalue weighted by molar-refractivity contribution is 7.92. The van der Waals surface area contributed by atoms with E-state index in [1.807, 2.05) is 56.3 Å². The Morgan fingerprint density at radius 1 is 1.03 bits per heavy atom. The Morgan fingerprint density at radius 2 is 1.66 bits per heavy atom. The van der Waals surface area contributed by atoms with Gasteiger partial charge in [-0.3, -0.25) is 13.9 Å². The summed E-state index contributed by atoms with van der Waals surface area (Å²) in [7, 11) is -1.94. The van der Waals surface area contributed by atoms with Crippen molar-refractivity contribution in [3.05, 3.63) is 65.7 Å². The predicted molar refractivity (Wildman–Crippen MR) is 128 cm³/mol. The molecule has 0 aliphatic rings. The van der Waals surface area contributed by atoms with Crippen LogP contribution in [0, 0.1) is 6.92 Å². The normalized spacial score (nSPS) is 12.1. The largest absolute Gasteiger partial charge is 0.357 e. The first-order chi connectivity index (χ1) is 15.2. The van der Waals surface area contributed by atoms with Crippen LogP contribution in [0.3, 0.4) is 0 Å². The Hall–Kier alpha value is -2.87. The summed E-state index contributed by atoms with van der Waals surface area (Å²) in [6, 6.07) is 16.2. The minimum atomic E-state index is -3.50. The average Bonchev–Trinajstić information content (AvgIpc) is 2.76. The van der Waals surface area contributed by atoms with Gasteiger partial charge in [-0.15, -0.1) is 0 Å². The molecule has 0 aromatic heterocycles. The summed E-state index contributed by atoms with van der Waals surface area (Å²) in [5.74, 6) is -0.392. The second-order valence-corrected chi connectivity index (χ2v) is 9.68. The summed E-state index contributed by atoms with van der Waals surface area (Å²) in [5, 5.41) is 2.64. The van der Waals surface area contributed by atoms with Gasteiger partial charge >= 0.3 is 0 Å². The lowest BCUT2D eigenvalue weighted by atomic mass is 10.1. The van der Waals surface area contributed by atoms with Crippen molar-refractivity contribution >= 4 is 27.5 Å². The molecule has 0 aliphatic heterocycles. The van der Waals surface area contributed by atoms with Crippen LogP contribution in [-0.4, -0.2) is 51.0 Å². The summed E-state index contributed by atoms with van der Waals surface area (Å²) in [6.07, 6.45) is 2.13. The van der Waals surface area contributed by atoms with Crippen molar-refractivity contribution in [2.45, 2.75) is 45.7 Å². The highest BCUT2D eigenvalue weighted by Gasteiger charge is 2.28. The number of nitrogens with one attached hydrogen (secondary N) is 1. The van der Waals surface area contributed by atoms with Crippen molar-refractivity contribution in [3.63, 3.8) is 0 Å². The fraction of sp³-hybridized carbons (Fsp3) is 0.417. The van der Waals surface area contributed by atoms with E-state index in [9.17, 15) is 18.0 Å². The third kappa shape index (κ3) is 6.82. The number of benzene rings is 2. The van der Waals surface area contributed by atoms with Crippen molar-refractivity contribution in [2.24, 2.45) is 0 Å². The van der Waals surface area contributed by atoms with Gasteiger partial charge in [-0.25, -0.2) is 8.42 Å². The molecule has 1 N–H and O–H groups in total. The van der Waals surface area contributed by atoms with Crippen LogP contribution in [-0.2, 0) is 26.2 Å². The van der Waals surface area contributed by atoms with Gasteiger partial charge in [-0.2, -0.15) is 0 Å². The highest BCUT2D eigenvalue weighted by atomic mass is 32.2. The number of para-hydroxylation sites is 1. The number of sulfonamides is 1. The molecule has 0 spiro atoms. The van der Waals surface area contributed by atoms with Gasteiger partial charge in [-0.1, -0.05) is 55.5 Å². The molecule has 7 nitrogen and oxygen atoms in total. The molecule has 1 atom stereocenters. The van der Waals surface area contributed by atoms with Gasteiger partial charge < -0.3 is 10.2 Å². The van der Waals surface area contributed by atoms with Crippen LogP contribution >= 0.6 is 0 Å². The average molecular weight is 460 g/mol. The molecule has 2 rings (SSSR count). The Labute approximate surface area is 191 Å². The lowest BCUT2D eigenvalue weighted by Crippen LogP contribution is -2.48. The fourth-order valence-electron chi connectivity index (χ4n) is 3.69. The molecule has 174 valence electrons. The van der Waals surface area contributed by atoms with E-state index in [0.29, 0.717) is 25.1 Å². The molecule has 0 saturated carbocycles. The first-order valence-electron chi connectivity index (χ1n) is 10.8.